The molecule has 1 aliphatic heterocycles. The number of rotatable bonds is 2. The van der Waals surface area contributed by atoms with Gasteiger partial charge in [-0.05, 0) is 62.1 Å². The average molecular weight is 245 g/mol. The van der Waals surface area contributed by atoms with Gasteiger partial charge in [-0.2, -0.15) is 0 Å². The Morgan fingerprint density at radius 1 is 1.22 bits per heavy atom. The summed E-state index contributed by atoms with van der Waals surface area (Å²) in [7, 11) is 1.79. The molecule has 0 spiro atoms. The molecule has 98 valence electrons. The van der Waals surface area contributed by atoms with Crippen molar-refractivity contribution in [3.05, 3.63) is 29.3 Å². The van der Waals surface area contributed by atoms with E-state index >= 15 is 0 Å². The van der Waals surface area contributed by atoms with Crippen LogP contribution in [0.5, 0.6) is 5.75 Å². The van der Waals surface area contributed by atoms with Gasteiger partial charge >= 0.3 is 0 Å². The zero-order valence-electron chi connectivity index (χ0n) is 11.4. The minimum atomic E-state index is 0.703. The predicted octanol–water partition coefficient (Wildman–Crippen LogP) is 2.94. The number of fused-ring (bicyclic) bond motifs is 1. The van der Waals surface area contributed by atoms with E-state index in [9.17, 15) is 0 Å². The van der Waals surface area contributed by atoms with Gasteiger partial charge in [-0.25, -0.2) is 0 Å². The van der Waals surface area contributed by atoms with E-state index in [1.54, 1.807) is 7.11 Å². The molecule has 1 fully saturated rings. The monoisotopic (exact) mass is 245 g/mol. The van der Waals surface area contributed by atoms with Gasteiger partial charge in [0, 0.05) is 12.1 Å². The lowest BCUT2D eigenvalue weighted by molar-refractivity contribution is 0.331. The molecule has 1 aliphatic carbocycles. The van der Waals surface area contributed by atoms with Crippen LogP contribution >= 0.6 is 0 Å². The van der Waals surface area contributed by atoms with Crippen LogP contribution in [0.2, 0.25) is 0 Å². The van der Waals surface area contributed by atoms with E-state index in [-0.39, 0.29) is 0 Å². The Morgan fingerprint density at radius 2 is 2.11 bits per heavy atom. The highest BCUT2D eigenvalue weighted by Gasteiger charge is 2.31. The largest absolute Gasteiger partial charge is 0.496 e. The molecule has 0 amide bonds. The summed E-state index contributed by atoms with van der Waals surface area (Å²) < 4.78 is 5.52. The Morgan fingerprint density at radius 3 is 2.83 bits per heavy atom. The number of hydrogen-bond acceptors (Lipinski definition) is 2. The van der Waals surface area contributed by atoms with Crippen molar-refractivity contribution in [1.29, 1.82) is 0 Å². The molecule has 18 heavy (non-hydrogen) atoms. The van der Waals surface area contributed by atoms with Gasteiger partial charge in [0.2, 0.25) is 0 Å². The van der Waals surface area contributed by atoms with Gasteiger partial charge in [0.25, 0.3) is 0 Å². The quantitative estimate of drug-likeness (QED) is 0.865. The van der Waals surface area contributed by atoms with E-state index in [0.29, 0.717) is 6.04 Å². The van der Waals surface area contributed by atoms with Crippen LogP contribution < -0.4 is 10.1 Å². The van der Waals surface area contributed by atoms with Crippen LogP contribution in [0, 0.1) is 5.92 Å². The maximum absolute atomic E-state index is 5.52. The molecule has 3 atom stereocenters. The van der Waals surface area contributed by atoms with Crippen molar-refractivity contribution in [3.8, 4) is 5.75 Å². The fraction of sp³-hybridized carbons (Fsp3) is 0.625. The van der Waals surface area contributed by atoms with E-state index in [1.807, 2.05) is 0 Å². The molecule has 3 rings (SSSR count). The van der Waals surface area contributed by atoms with Crippen LogP contribution in [0.25, 0.3) is 0 Å². The third-order valence-corrected chi connectivity index (χ3v) is 4.68. The van der Waals surface area contributed by atoms with Gasteiger partial charge in [0.15, 0.2) is 0 Å². The van der Waals surface area contributed by atoms with Crippen LogP contribution in [0.15, 0.2) is 18.2 Å². The van der Waals surface area contributed by atoms with E-state index in [1.165, 1.54) is 43.2 Å². The van der Waals surface area contributed by atoms with Gasteiger partial charge in [0.1, 0.15) is 5.75 Å². The van der Waals surface area contributed by atoms with Gasteiger partial charge in [0.05, 0.1) is 7.11 Å². The van der Waals surface area contributed by atoms with Gasteiger partial charge in [-0.1, -0.05) is 12.1 Å². The minimum absolute atomic E-state index is 0.703. The van der Waals surface area contributed by atoms with Gasteiger partial charge in [-0.15, -0.1) is 0 Å². The van der Waals surface area contributed by atoms with Crippen molar-refractivity contribution in [2.24, 2.45) is 5.92 Å². The number of nitrogens with one attached hydrogen (secondary N) is 1. The first-order chi connectivity index (χ1) is 8.78. The van der Waals surface area contributed by atoms with Crippen molar-refractivity contribution >= 4 is 0 Å². The highest BCUT2D eigenvalue weighted by atomic mass is 16.5. The summed E-state index contributed by atoms with van der Waals surface area (Å²) in [6, 6.07) is 7.91. The molecule has 1 heterocycles. The molecule has 1 aromatic carbocycles. The Kier molecular flexibility index (Phi) is 3.29. The van der Waals surface area contributed by atoms with E-state index in [2.05, 4.69) is 30.4 Å². The van der Waals surface area contributed by atoms with Crippen LogP contribution in [0.3, 0.4) is 0 Å². The van der Waals surface area contributed by atoms with Crippen molar-refractivity contribution in [2.45, 2.75) is 51.1 Å². The second-order valence-electron chi connectivity index (χ2n) is 5.85. The molecule has 1 saturated heterocycles. The molecule has 0 radical (unpaired) electrons. The van der Waals surface area contributed by atoms with Gasteiger partial charge in [-0.3, -0.25) is 0 Å². The molecule has 1 N–H and O–H groups in total. The number of methoxy groups -OCH3 is 1. The van der Waals surface area contributed by atoms with Crippen LogP contribution in [0.4, 0.5) is 0 Å². The second kappa shape index (κ2) is 4.93. The first-order valence-electron chi connectivity index (χ1n) is 7.18. The Bertz CT molecular complexity index is 415. The molecular weight excluding hydrogens is 222 g/mol. The third kappa shape index (κ3) is 2.14. The molecule has 0 saturated carbocycles. The molecule has 0 bridgehead atoms. The lowest BCUT2D eigenvalue weighted by atomic mass is 9.79. The SMILES string of the molecule is COc1cccc2c1CC(C1CCC(C)N1)CC2. The van der Waals surface area contributed by atoms with Crippen molar-refractivity contribution in [3.63, 3.8) is 0 Å². The summed E-state index contributed by atoms with van der Waals surface area (Å²) in [5.41, 5.74) is 2.95. The number of benzene rings is 1. The summed E-state index contributed by atoms with van der Waals surface area (Å²) in [5, 5.41) is 3.75. The van der Waals surface area contributed by atoms with E-state index < -0.39 is 0 Å². The Labute approximate surface area is 110 Å². The standard InChI is InChI=1S/C16H23NO/c1-11-6-9-15(17-11)13-8-7-12-4-3-5-16(18-2)14(12)10-13/h3-5,11,13,15,17H,6-10H2,1-2H3. The number of aryl methyl sites for hydroxylation is 1. The summed E-state index contributed by atoms with van der Waals surface area (Å²) >= 11 is 0. The molecular formula is C16H23NO. The highest BCUT2D eigenvalue weighted by molar-refractivity contribution is 5.42. The summed E-state index contributed by atoms with van der Waals surface area (Å²) in [6.07, 6.45) is 6.40. The first kappa shape index (κ1) is 12.0. The van der Waals surface area contributed by atoms with E-state index in [0.717, 1.165) is 17.7 Å². The zero-order chi connectivity index (χ0) is 12.5. The van der Waals surface area contributed by atoms with Crippen molar-refractivity contribution < 1.29 is 4.74 Å². The summed E-state index contributed by atoms with van der Waals surface area (Å²) in [4.78, 5) is 0. The average Bonchev–Trinajstić information content (AvgIpc) is 2.84. The molecule has 1 aromatic rings. The smallest absolute Gasteiger partial charge is 0.122 e. The minimum Gasteiger partial charge on any atom is -0.496 e. The summed E-state index contributed by atoms with van der Waals surface area (Å²) in [5.74, 6) is 1.88. The van der Waals surface area contributed by atoms with E-state index in [4.69, 9.17) is 4.74 Å². The topological polar surface area (TPSA) is 21.3 Å². The first-order valence-corrected chi connectivity index (χ1v) is 7.18. The highest BCUT2D eigenvalue weighted by Crippen LogP contribution is 2.35. The fourth-order valence-electron chi connectivity index (χ4n) is 3.65. The number of ether oxygens (including phenoxy) is 1. The normalized spacial score (nSPS) is 31.1. The lowest BCUT2D eigenvalue weighted by Crippen LogP contribution is -2.36. The molecule has 2 aliphatic rings. The summed E-state index contributed by atoms with van der Waals surface area (Å²) in [6.45, 7) is 2.30. The molecule has 0 aromatic heterocycles. The Hall–Kier alpha value is -1.02. The fourth-order valence-corrected chi connectivity index (χ4v) is 3.65. The second-order valence-corrected chi connectivity index (χ2v) is 5.85. The molecule has 2 nitrogen and oxygen atoms in total. The van der Waals surface area contributed by atoms with Crippen LogP contribution in [-0.4, -0.2) is 19.2 Å². The van der Waals surface area contributed by atoms with Crippen molar-refractivity contribution in [1.82, 2.24) is 5.32 Å². The maximum atomic E-state index is 5.52. The number of hydrogen-bond donors (Lipinski definition) is 1. The maximum Gasteiger partial charge on any atom is 0.122 e. The zero-order valence-corrected chi connectivity index (χ0v) is 11.4. The van der Waals surface area contributed by atoms with Crippen LogP contribution in [0.1, 0.15) is 37.3 Å². The molecule has 3 unspecified atom stereocenters. The predicted molar refractivity (Wildman–Crippen MR) is 74.1 cm³/mol. The third-order valence-electron chi connectivity index (χ3n) is 4.68. The lowest BCUT2D eigenvalue weighted by Gasteiger charge is -2.30. The molecule has 2 heteroatoms. The van der Waals surface area contributed by atoms with Crippen LogP contribution in [-0.2, 0) is 12.8 Å². The van der Waals surface area contributed by atoms with Gasteiger partial charge < -0.3 is 10.1 Å². The Balaban J connectivity index is 1.79. The van der Waals surface area contributed by atoms with Crippen molar-refractivity contribution in [2.75, 3.05) is 7.11 Å².